The number of carboxylic acids is 1. The van der Waals surface area contributed by atoms with Crippen LogP contribution in [-0.2, 0) is 4.79 Å². The molecule has 1 saturated carbocycles. The molecule has 0 atom stereocenters. The fourth-order valence-corrected chi connectivity index (χ4v) is 3.17. The number of carboxylic acid groups (broad SMARTS) is 1. The number of para-hydroxylation sites is 1. The average Bonchev–Trinajstić information content (AvgIpc) is 2.78. The van der Waals surface area contributed by atoms with Crippen molar-refractivity contribution < 1.29 is 14.7 Å². The minimum atomic E-state index is -0.780. The molecule has 120 valence electrons. The highest BCUT2D eigenvalue weighted by Gasteiger charge is 2.35. The second-order valence-electron chi connectivity index (χ2n) is 6.13. The van der Waals surface area contributed by atoms with Crippen molar-refractivity contribution in [3.8, 4) is 5.69 Å². The molecule has 1 amide bonds. The highest BCUT2D eigenvalue weighted by atomic mass is 16.4. The summed E-state index contributed by atoms with van der Waals surface area (Å²) in [5.41, 5.74) is 3.55. The zero-order chi connectivity index (χ0) is 16.6. The molecule has 0 spiro atoms. The van der Waals surface area contributed by atoms with Gasteiger partial charge in [-0.1, -0.05) is 18.2 Å². The van der Waals surface area contributed by atoms with Gasteiger partial charge in [-0.05, 0) is 44.9 Å². The van der Waals surface area contributed by atoms with Crippen molar-refractivity contribution in [3.05, 3.63) is 53.3 Å². The Morgan fingerprint density at radius 1 is 1.17 bits per heavy atom. The topological polar surface area (TPSA) is 71.3 Å². The second kappa shape index (κ2) is 5.91. The molecular formula is C18H20N2O3. The molecule has 1 aromatic heterocycles. The lowest BCUT2D eigenvalue weighted by Crippen LogP contribution is -2.46. The van der Waals surface area contributed by atoms with Gasteiger partial charge in [0.05, 0.1) is 11.5 Å². The van der Waals surface area contributed by atoms with E-state index in [0.717, 1.165) is 17.1 Å². The standard InChI is InChI=1S/C18H20N2O3/c1-11-8-16(12(2)20(11)15-6-4-3-5-7-15)17(21)19-14-9-13(10-14)18(22)23/h3-8,13-14H,9-10H2,1-2H3,(H,19,21)(H,22,23). The van der Waals surface area contributed by atoms with E-state index in [-0.39, 0.29) is 17.9 Å². The minimum Gasteiger partial charge on any atom is -0.481 e. The maximum Gasteiger partial charge on any atom is 0.306 e. The van der Waals surface area contributed by atoms with Crippen molar-refractivity contribution in [1.29, 1.82) is 0 Å². The van der Waals surface area contributed by atoms with Crippen molar-refractivity contribution in [1.82, 2.24) is 9.88 Å². The molecule has 0 radical (unpaired) electrons. The number of nitrogens with zero attached hydrogens (tertiary/aromatic N) is 1. The summed E-state index contributed by atoms with van der Waals surface area (Å²) in [6, 6.07) is 11.7. The maximum atomic E-state index is 12.5. The predicted molar refractivity (Wildman–Crippen MR) is 86.9 cm³/mol. The summed E-state index contributed by atoms with van der Waals surface area (Å²) in [4.78, 5) is 23.3. The minimum absolute atomic E-state index is 0.0385. The zero-order valence-electron chi connectivity index (χ0n) is 13.2. The highest BCUT2D eigenvalue weighted by molar-refractivity contribution is 5.96. The third-order valence-electron chi connectivity index (χ3n) is 4.51. The predicted octanol–water partition coefficient (Wildman–Crippen LogP) is 2.69. The first kappa shape index (κ1) is 15.3. The van der Waals surface area contributed by atoms with Crippen molar-refractivity contribution in [2.75, 3.05) is 0 Å². The van der Waals surface area contributed by atoms with Crippen molar-refractivity contribution in [2.45, 2.75) is 32.7 Å². The number of rotatable bonds is 4. The van der Waals surface area contributed by atoms with E-state index in [9.17, 15) is 9.59 Å². The lowest BCUT2D eigenvalue weighted by Gasteiger charge is -2.32. The summed E-state index contributed by atoms with van der Waals surface area (Å²) in [5, 5.41) is 11.8. The molecule has 0 unspecified atom stereocenters. The monoisotopic (exact) mass is 312 g/mol. The Bertz CT molecular complexity index is 743. The number of aryl methyl sites for hydroxylation is 1. The van der Waals surface area contributed by atoms with E-state index in [1.165, 1.54) is 0 Å². The van der Waals surface area contributed by atoms with Gasteiger partial charge < -0.3 is 15.0 Å². The lowest BCUT2D eigenvalue weighted by atomic mass is 9.80. The Labute approximate surface area is 134 Å². The van der Waals surface area contributed by atoms with E-state index < -0.39 is 5.97 Å². The van der Waals surface area contributed by atoms with Crippen molar-refractivity contribution >= 4 is 11.9 Å². The van der Waals surface area contributed by atoms with Gasteiger partial charge in [-0.2, -0.15) is 0 Å². The molecule has 23 heavy (non-hydrogen) atoms. The van der Waals surface area contributed by atoms with Crippen LogP contribution in [0.2, 0.25) is 0 Å². The van der Waals surface area contributed by atoms with E-state index in [4.69, 9.17) is 5.11 Å². The van der Waals surface area contributed by atoms with Crippen LogP contribution in [0.1, 0.15) is 34.6 Å². The third kappa shape index (κ3) is 2.86. The van der Waals surface area contributed by atoms with Crippen LogP contribution in [0.5, 0.6) is 0 Å². The van der Waals surface area contributed by atoms with Gasteiger partial charge in [0.2, 0.25) is 0 Å². The highest BCUT2D eigenvalue weighted by Crippen LogP contribution is 2.28. The van der Waals surface area contributed by atoms with Gasteiger partial charge >= 0.3 is 5.97 Å². The van der Waals surface area contributed by atoms with E-state index in [2.05, 4.69) is 9.88 Å². The molecule has 1 aliphatic carbocycles. The first-order valence-corrected chi connectivity index (χ1v) is 7.75. The van der Waals surface area contributed by atoms with Crippen LogP contribution in [0.3, 0.4) is 0 Å². The molecule has 0 saturated heterocycles. The molecule has 0 bridgehead atoms. The summed E-state index contributed by atoms with van der Waals surface area (Å²) >= 11 is 0. The van der Waals surface area contributed by atoms with Crippen molar-refractivity contribution in [2.24, 2.45) is 5.92 Å². The van der Waals surface area contributed by atoms with E-state index in [0.29, 0.717) is 18.4 Å². The van der Waals surface area contributed by atoms with Crippen LogP contribution in [0, 0.1) is 19.8 Å². The molecule has 1 heterocycles. The molecule has 1 aliphatic rings. The van der Waals surface area contributed by atoms with Gasteiger partial charge in [-0.15, -0.1) is 0 Å². The van der Waals surface area contributed by atoms with Gasteiger partial charge in [0.15, 0.2) is 0 Å². The van der Waals surface area contributed by atoms with E-state index in [1.807, 2.05) is 50.2 Å². The number of aromatic nitrogens is 1. The Morgan fingerprint density at radius 3 is 2.43 bits per heavy atom. The maximum absolute atomic E-state index is 12.5. The first-order chi connectivity index (χ1) is 11.0. The summed E-state index contributed by atoms with van der Waals surface area (Å²) < 4.78 is 2.05. The van der Waals surface area contributed by atoms with Crippen LogP contribution in [-0.4, -0.2) is 27.6 Å². The van der Waals surface area contributed by atoms with Crippen LogP contribution in [0.4, 0.5) is 0 Å². The van der Waals surface area contributed by atoms with Crippen LogP contribution < -0.4 is 5.32 Å². The molecule has 1 fully saturated rings. The van der Waals surface area contributed by atoms with Gasteiger partial charge in [0, 0.05) is 23.1 Å². The number of nitrogens with one attached hydrogen (secondary N) is 1. The summed E-state index contributed by atoms with van der Waals surface area (Å²) in [5.74, 6) is -1.23. The van der Waals surface area contributed by atoms with Crippen LogP contribution in [0.15, 0.2) is 36.4 Å². The quantitative estimate of drug-likeness (QED) is 0.912. The van der Waals surface area contributed by atoms with Crippen LogP contribution in [0.25, 0.3) is 5.69 Å². The molecule has 5 nitrogen and oxygen atoms in total. The molecule has 1 aromatic carbocycles. The number of hydrogen-bond acceptors (Lipinski definition) is 2. The lowest BCUT2D eigenvalue weighted by molar-refractivity contribution is -0.145. The number of carbonyl (C=O) groups is 2. The van der Waals surface area contributed by atoms with E-state index >= 15 is 0 Å². The Kier molecular flexibility index (Phi) is 3.94. The van der Waals surface area contributed by atoms with Crippen LogP contribution >= 0.6 is 0 Å². The van der Waals surface area contributed by atoms with Gasteiger partial charge in [-0.3, -0.25) is 9.59 Å². The summed E-state index contributed by atoms with van der Waals surface area (Å²) in [6.07, 6.45) is 1.02. The fraction of sp³-hybridized carbons (Fsp3) is 0.333. The fourth-order valence-electron chi connectivity index (χ4n) is 3.17. The normalized spacial score (nSPS) is 19.9. The molecular weight excluding hydrogens is 292 g/mol. The third-order valence-corrected chi connectivity index (χ3v) is 4.51. The Hall–Kier alpha value is -2.56. The number of hydrogen-bond donors (Lipinski definition) is 2. The first-order valence-electron chi connectivity index (χ1n) is 7.75. The van der Waals surface area contributed by atoms with Gasteiger partial charge in [-0.25, -0.2) is 0 Å². The summed E-state index contributed by atoms with van der Waals surface area (Å²) in [7, 11) is 0. The molecule has 3 rings (SSSR count). The smallest absolute Gasteiger partial charge is 0.306 e. The zero-order valence-corrected chi connectivity index (χ0v) is 13.2. The number of aliphatic carboxylic acids is 1. The molecule has 2 aromatic rings. The average molecular weight is 312 g/mol. The SMILES string of the molecule is Cc1cc(C(=O)NC2CC(C(=O)O)C2)c(C)n1-c1ccccc1. The molecule has 0 aliphatic heterocycles. The number of carbonyl (C=O) groups excluding carboxylic acids is 1. The molecule has 5 heteroatoms. The van der Waals surface area contributed by atoms with Crippen molar-refractivity contribution in [3.63, 3.8) is 0 Å². The summed E-state index contributed by atoms with van der Waals surface area (Å²) in [6.45, 7) is 3.90. The second-order valence-corrected chi connectivity index (χ2v) is 6.13. The Balaban J connectivity index is 1.77. The Morgan fingerprint density at radius 2 is 1.83 bits per heavy atom. The molecule has 2 N–H and O–H groups in total. The number of benzene rings is 1. The van der Waals surface area contributed by atoms with E-state index in [1.54, 1.807) is 0 Å². The largest absolute Gasteiger partial charge is 0.481 e. The van der Waals surface area contributed by atoms with Gasteiger partial charge in [0.25, 0.3) is 5.91 Å². The number of amides is 1. The van der Waals surface area contributed by atoms with Gasteiger partial charge in [0.1, 0.15) is 0 Å².